The standard InChI is InChI=1S/C21H20ClNO2S/c1-24-21-13-16(14-23-10-9-19-6-3-11-26-19)7-8-20(21)25-15-17-4-2-5-18(22)12-17/h2-8,11-14H,9-10,15H2,1H3. The van der Waals surface area contributed by atoms with Gasteiger partial charge in [0, 0.05) is 29.1 Å². The Morgan fingerprint density at radius 1 is 1.08 bits per heavy atom. The fourth-order valence-corrected chi connectivity index (χ4v) is 3.38. The Morgan fingerprint density at radius 2 is 2.00 bits per heavy atom. The van der Waals surface area contributed by atoms with Crippen molar-refractivity contribution in [3.63, 3.8) is 0 Å². The summed E-state index contributed by atoms with van der Waals surface area (Å²) < 4.78 is 11.3. The monoisotopic (exact) mass is 385 g/mol. The van der Waals surface area contributed by atoms with Gasteiger partial charge in [-0.25, -0.2) is 0 Å². The molecule has 1 heterocycles. The molecule has 0 fully saturated rings. The van der Waals surface area contributed by atoms with E-state index >= 15 is 0 Å². The molecule has 0 saturated heterocycles. The van der Waals surface area contributed by atoms with Crippen molar-refractivity contribution in [2.75, 3.05) is 13.7 Å². The number of aliphatic imine (C=N–C) groups is 1. The second-order valence-corrected chi connectivity index (χ2v) is 7.16. The van der Waals surface area contributed by atoms with Gasteiger partial charge in [-0.1, -0.05) is 29.8 Å². The topological polar surface area (TPSA) is 30.8 Å². The van der Waals surface area contributed by atoms with E-state index in [1.165, 1.54) is 4.88 Å². The van der Waals surface area contributed by atoms with Gasteiger partial charge < -0.3 is 9.47 Å². The highest BCUT2D eigenvalue weighted by atomic mass is 35.5. The van der Waals surface area contributed by atoms with E-state index in [-0.39, 0.29) is 0 Å². The average Bonchev–Trinajstić information content (AvgIpc) is 3.17. The lowest BCUT2D eigenvalue weighted by molar-refractivity contribution is 0.284. The zero-order valence-corrected chi connectivity index (χ0v) is 16.1. The van der Waals surface area contributed by atoms with Gasteiger partial charge >= 0.3 is 0 Å². The van der Waals surface area contributed by atoms with Crippen molar-refractivity contribution in [1.82, 2.24) is 0 Å². The molecule has 0 N–H and O–H groups in total. The highest BCUT2D eigenvalue weighted by molar-refractivity contribution is 7.09. The Kier molecular flexibility index (Phi) is 6.69. The molecule has 0 saturated carbocycles. The molecule has 26 heavy (non-hydrogen) atoms. The Hall–Kier alpha value is -2.30. The van der Waals surface area contributed by atoms with Crippen molar-refractivity contribution in [2.45, 2.75) is 13.0 Å². The largest absolute Gasteiger partial charge is 0.493 e. The van der Waals surface area contributed by atoms with Crippen molar-refractivity contribution >= 4 is 29.2 Å². The second kappa shape index (κ2) is 9.41. The van der Waals surface area contributed by atoms with Gasteiger partial charge in [0.05, 0.1) is 7.11 Å². The molecule has 0 spiro atoms. The van der Waals surface area contributed by atoms with Crippen LogP contribution in [0.3, 0.4) is 0 Å². The zero-order chi connectivity index (χ0) is 18.2. The van der Waals surface area contributed by atoms with E-state index in [1.54, 1.807) is 18.4 Å². The molecule has 0 amide bonds. The van der Waals surface area contributed by atoms with E-state index in [1.807, 2.05) is 48.7 Å². The Balaban J connectivity index is 1.59. The second-order valence-electron chi connectivity index (χ2n) is 5.69. The van der Waals surface area contributed by atoms with E-state index in [2.05, 4.69) is 22.5 Å². The number of methoxy groups -OCH3 is 1. The van der Waals surface area contributed by atoms with Gasteiger partial charge in [0.25, 0.3) is 0 Å². The summed E-state index contributed by atoms with van der Waals surface area (Å²) in [5, 5.41) is 2.79. The highest BCUT2D eigenvalue weighted by Crippen LogP contribution is 2.28. The summed E-state index contributed by atoms with van der Waals surface area (Å²) >= 11 is 7.77. The predicted molar refractivity (Wildman–Crippen MR) is 109 cm³/mol. The smallest absolute Gasteiger partial charge is 0.161 e. The normalized spacial score (nSPS) is 11.0. The van der Waals surface area contributed by atoms with E-state index in [4.69, 9.17) is 21.1 Å². The maximum absolute atomic E-state index is 6.00. The molecule has 5 heteroatoms. The van der Waals surface area contributed by atoms with E-state index in [0.29, 0.717) is 23.1 Å². The molecule has 0 aliphatic carbocycles. The fourth-order valence-electron chi connectivity index (χ4n) is 2.47. The lowest BCUT2D eigenvalue weighted by Crippen LogP contribution is -1.98. The lowest BCUT2D eigenvalue weighted by Gasteiger charge is -2.11. The predicted octanol–water partition coefficient (Wildman–Crippen LogP) is 5.65. The van der Waals surface area contributed by atoms with Crippen LogP contribution in [0.2, 0.25) is 5.02 Å². The molecule has 1 aromatic heterocycles. The summed E-state index contributed by atoms with van der Waals surface area (Å²) in [5.41, 5.74) is 2.00. The van der Waals surface area contributed by atoms with Gasteiger partial charge in [-0.15, -0.1) is 11.3 Å². The first-order valence-electron chi connectivity index (χ1n) is 8.32. The SMILES string of the molecule is COc1cc(C=NCCc2cccs2)ccc1OCc1cccc(Cl)c1. The number of rotatable bonds is 8. The van der Waals surface area contributed by atoms with Crippen molar-refractivity contribution in [3.8, 4) is 11.5 Å². The molecule has 0 unspecified atom stereocenters. The zero-order valence-electron chi connectivity index (χ0n) is 14.5. The molecule has 0 radical (unpaired) electrons. The first-order valence-corrected chi connectivity index (χ1v) is 9.58. The molecule has 0 bridgehead atoms. The van der Waals surface area contributed by atoms with Crippen LogP contribution < -0.4 is 9.47 Å². The number of nitrogens with zero attached hydrogens (tertiary/aromatic N) is 1. The van der Waals surface area contributed by atoms with Gasteiger partial charge in [0.15, 0.2) is 11.5 Å². The molecule has 0 aliphatic heterocycles. The molecule has 3 aromatic rings. The summed E-state index contributed by atoms with van der Waals surface area (Å²) in [7, 11) is 1.64. The molecule has 0 aliphatic rings. The van der Waals surface area contributed by atoms with Gasteiger partial charge in [-0.2, -0.15) is 0 Å². The van der Waals surface area contributed by atoms with Crippen LogP contribution in [0.4, 0.5) is 0 Å². The van der Waals surface area contributed by atoms with Gasteiger partial charge in [0.2, 0.25) is 0 Å². The molecular formula is C21H20ClNO2S. The third-order valence-electron chi connectivity index (χ3n) is 3.78. The third-order valence-corrected chi connectivity index (χ3v) is 4.95. The van der Waals surface area contributed by atoms with Crippen molar-refractivity contribution in [3.05, 3.63) is 81.0 Å². The van der Waals surface area contributed by atoms with Crippen LogP contribution in [0, 0.1) is 0 Å². The van der Waals surface area contributed by atoms with Crippen LogP contribution in [0.1, 0.15) is 16.0 Å². The summed E-state index contributed by atoms with van der Waals surface area (Å²) in [6.07, 6.45) is 2.84. The Morgan fingerprint density at radius 3 is 2.77 bits per heavy atom. The first-order chi connectivity index (χ1) is 12.7. The summed E-state index contributed by atoms with van der Waals surface area (Å²) in [6.45, 7) is 1.21. The molecule has 0 atom stereocenters. The molecule has 2 aromatic carbocycles. The fraction of sp³-hybridized carbons (Fsp3) is 0.190. The maximum Gasteiger partial charge on any atom is 0.161 e. The number of hydrogen-bond acceptors (Lipinski definition) is 4. The van der Waals surface area contributed by atoms with Crippen molar-refractivity contribution in [2.24, 2.45) is 4.99 Å². The third kappa shape index (κ3) is 5.35. The minimum absolute atomic E-state index is 0.436. The maximum atomic E-state index is 6.00. The summed E-state index contributed by atoms with van der Waals surface area (Å²) in [5.74, 6) is 1.39. The summed E-state index contributed by atoms with van der Waals surface area (Å²) in [4.78, 5) is 5.85. The van der Waals surface area contributed by atoms with Crippen molar-refractivity contribution in [1.29, 1.82) is 0 Å². The Labute approximate surface area is 162 Å². The number of thiophene rings is 1. The van der Waals surface area contributed by atoms with Crippen LogP contribution in [0.15, 0.2) is 65.0 Å². The van der Waals surface area contributed by atoms with Crippen LogP contribution in [0.25, 0.3) is 0 Å². The molecule has 134 valence electrons. The first kappa shape index (κ1) is 18.5. The van der Waals surface area contributed by atoms with Gasteiger partial charge in [0.1, 0.15) is 6.61 Å². The minimum Gasteiger partial charge on any atom is -0.493 e. The molecule has 3 rings (SSSR count). The quantitative estimate of drug-likeness (QED) is 0.469. The Bertz CT molecular complexity index is 862. The number of ether oxygens (including phenoxy) is 2. The lowest BCUT2D eigenvalue weighted by atomic mass is 10.2. The molecular weight excluding hydrogens is 366 g/mol. The van der Waals surface area contributed by atoms with E-state index in [0.717, 1.165) is 24.1 Å². The van der Waals surface area contributed by atoms with Crippen LogP contribution in [-0.2, 0) is 13.0 Å². The van der Waals surface area contributed by atoms with Crippen LogP contribution >= 0.6 is 22.9 Å². The number of hydrogen-bond donors (Lipinski definition) is 0. The van der Waals surface area contributed by atoms with Crippen LogP contribution in [0.5, 0.6) is 11.5 Å². The average molecular weight is 386 g/mol. The van der Waals surface area contributed by atoms with Gasteiger partial charge in [-0.05, 0) is 52.9 Å². The van der Waals surface area contributed by atoms with E-state index < -0.39 is 0 Å². The van der Waals surface area contributed by atoms with Gasteiger partial charge in [-0.3, -0.25) is 4.99 Å². The number of benzene rings is 2. The minimum atomic E-state index is 0.436. The molecule has 3 nitrogen and oxygen atoms in total. The van der Waals surface area contributed by atoms with E-state index in [9.17, 15) is 0 Å². The highest BCUT2D eigenvalue weighted by Gasteiger charge is 2.06. The van der Waals surface area contributed by atoms with Crippen molar-refractivity contribution < 1.29 is 9.47 Å². The van der Waals surface area contributed by atoms with Crippen LogP contribution in [-0.4, -0.2) is 19.9 Å². The summed E-state index contributed by atoms with van der Waals surface area (Å²) in [6, 6.07) is 17.6. The number of halogens is 1.